The molecule has 0 aliphatic heterocycles. The van der Waals surface area contributed by atoms with Crippen LogP contribution in [0.2, 0.25) is 5.02 Å². The van der Waals surface area contributed by atoms with Crippen molar-refractivity contribution in [3.8, 4) is 0 Å². The largest absolute Gasteiger partial charge is 0.348 e. The van der Waals surface area contributed by atoms with Crippen molar-refractivity contribution in [1.29, 1.82) is 0 Å². The molecule has 4 nitrogen and oxygen atoms in total. The Morgan fingerprint density at radius 2 is 2.06 bits per heavy atom. The molecule has 0 radical (unpaired) electrons. The number of nitrogens with zero attached hydrogens (tertiary/aromatic N) is 2. The van der Waals surface area contributed by atoms with Crippen molar-refractivity contribution in [2.24, 2.45) is 7.05 Å². The minimum Gasteiger partial charge on any atom is -0.348 e. The van der Waals surface area contributed by atoms with Crippen molar-refractivity contribution in [3.63, 3.8) is 0 Å². The van der Waals surface area contributed by atoms with E-state index in [4.69, 9.17) is 11.6 Å². The van der Waals surface area contributed by atoms with E-state index in [0.717, 1.165) is 11.3 Å². The van der Waals surface area contributed by atoms with E-state index in [2.05, 4.69) is 10.4 Å². The normalized spacial score (nSPS) is 10.4. The lowest BCUT2D eigenvalue weighted by atomic mass is 10.2. The molecule has 0 unspecified atom stereocenters. The van der Waals surface area contributed by atoms with Crippen molar-refractivity contribution < 1.29 is 4.79 Å². The lowest BCUT2D eigenvalue weighted by Crippen LogP contribution is -2.23. The Balaban J connectivity index is 2.00. The fourth-order valence-electron chi connectivity index (χ4n) is 1.60. The number of aryl methyl sites for hydroxylation is 1. The Morgan fingerprint density at radius 1 is 1.39 bits per heavy atom. The molecule has 94 valence electrons. The number of carbonyl (C=O) groups excluding carboxylic acids is 1. The second kappa shape index (κ2) is 5.23. The number of rotatable bonds is 3. The summed E-state index contributed by atoms with van der Waals surface area (Å²) in [5, 5.41) is 7.58. The molecule has 0 atom stereocenters. The molecular weight excluding hydrogens is 250 g/mol. The van der Waals surface area contributed by atoms with Gasteiger partial charge in [0.2, 0.25) is 0 Å². The third kappa shape index (κ3) is 2.71. The SMILES string of the molecule is Cc1c(C(=O)NCc2ccc(Cl)cc2)cnn1C. The van der Waals surface area contributed by atoms with E-state index in [9.17, 15) is 4.79 Å². The van der Waals surface area contributed by atoms with Crippen LogP contribution >= 0.6 is 11.6 Å². The number of aromatic nitrogens is 2. The van der Waals surface area contributed by atoms with Crippen molar-refractivity contribution in [2.75, 3.05) is 0 Å². The zero-order valence-electron chi connectivity index (χ0n) is 10.3. The molecule has 0 aliphatic rings. The smallest absolute Gasteiger partial charge is 0.255 e. The van der Waals surface area contributed by atoms with E-state index in [1.54, 1.807) is 23.0 Å². The van der Waals surface area contributed by atoms with E-state index < -0.39 is 0 Å². The molecular formula is C13H14ClN3O. The average Bonchev–Trinajstić information content (AvgIpc) is 2.69. The van der Waals surface area contributed by atoms with Crippen molar-refractivity contribution in [1.82, 2.24) is 15.1 Å². The molecule has 18 heavy (non-hydrogen) atoms. The highest BCUT2D eigenvalue weighted by atomic mass is 35.5. The van der Waals surface area contributed by atoms with Crippen LogP contribution in [0.4, 0.5) is 0 Å². The molecule has 1 heterocycles. The van der Waals surface area contributed by atoms with E-state index in [1.807, 2.05) is 26.1 Å². The molecule has 2 aromatic rings. The standard InChI is InChI=1S/C13H14ClN3O/c1-9-12(8-16-17(9)2)13(18)15-7-10-3-5-11(14)6-4-10/h3-6,8H,7H2,1-2H3,(H,15,18). The second-order valence-corrected chi connectivity index (χ2v) is 4.51. The van der Waals surface area contributed by atoms with E-state index in [0.29, 0.717) is 17.1 Å². The van der Waals surface area contributed by atoms with Crippen LogP contribution in [0.15, 0.2) is 30.5 Å². The number of amides is 1. The Morgan fingerprint density at radius 3 is 2.61 bits per heavy atom. The molecule has 0 aliphatic carbocycles. The van der Waals surface area contributed by atoms with Gasteiger partial charge in [-0.3, -0.25) is 9.48 Å². The summed E-state index contributed by atoms with van der Waals surface area (Å²) in [6.45, 7) is 2.34. The van der Waals surface area contributed by atoms with Crippen molar-refractivity contribution >= 4 is 17.5 Å². The quantitative estimate of drug-likeness (QED) is 0.924. The monoisotopic (exact) mass is 263 g/mol. The minimum atomic E-state index is -0.115. The molecule has 0 saturated carbocycles. The number of halogens is 1. The van der Waals surface area contributed by atoms with Gasteiger partial charge in [-0.2, -0.15) is 5.10 Å². The van der Waals surface area contributed by atoms with E-state index in [-0.39, 0.29) is 5.91 Å². The van der Waals surface area contributed by atoms with Crippen LogP contribution < -0.4 is 5.32 Å². The summed E-state index contributed by atoms with van der Waals surface area (Å²) in [6, 6.07) is 7.38. The molecule has 0 spiro atoms. The van der Waals surface area contributed by atoms with Crippen LogP contribution in [0.3, 0.4) is 0 Å². The third-order valence-electron chi connectivity index (χ3n) is 2.85. The first kappa shape index (κ1) is 12.6. The minimum absolute atomic E-state index is 0.115. The van der Waals surface area contributed by atoms with Gasteiger partial charge in [-0.25, -0.2) is 0 Å². The maximum atomic E-state index is 11.9. The van der Waals surface area contributed by atoms with E-state index in [1.165, 1.54) is 0 Å². The van der Waals surface area contributed by atoms with Gasteiger partial charge in [-0.15, -0.1) is 0 Å². The maximum Gasteiger partial charge on any atom is 0.255 e. The molecule has 2 rings (SSSR count). The second-order valence-electron chi connectivity index (χ2n) is 4.08. The molecule has 1 N–H and O–H groups in total. The van der Waals surface area contributed by atoms with Gasteiger partial charge in [0.05, 0.1) is 11.8 Å². The van der Waals surface area contributed by atoms with Gasteiger partial charge < -0.3 is 5.32 Å². The molecule has 0 bridgehead atoms. The van der Waals surface area contributed by atoms with E-state index >= 15 is 0 Å². The zero-order chi connectivity index (χ0) is 13.1. The summed E-state index contributed by atoms with van der Waals surface area (Å²) in [4.78, 5) is 11.9. The summed E-state index contributed by atoms with van der Waals surface area (Å²) in [7, 11) is 1.81. The summed E-state index contributed by atoms with van der Waals surface area (Å²) in [5.41, 5.74) is 2.46. The maximum absolute atomic E-state index is 11.9. The lowest BCUT2D eigenvalue weighted by molar-refractivity contribution is 0.0950. The van der Waals surface area contributed by atoms with Gasteiger partial charge in [-0.1, -0.05) is 23.7 Å². The fourth-order valence-corrected chi connectivity index (χ4v) is 1.73. The van der Waals surface area contributed by atoms with Gasteiger partial charge >= 0.3 is 0 Å². The predicted molar refractivity (Wildman–Crippen MR) is 70.6 cm³/mol. The van der Waals surface area contributed by atoms with Crippen molar-refractivity contribution in [2.45, 2.75) is 13.5 Å². The van der Waals surface area contributed by atoms with Gasteiger partial charge in [0.15, 0.2) is 0 Å². The van der Waals surface area contributed by atoms with Gasteiger partial charge in [0, 0.05) is 24.3 Å². The number of hydrogen-bond donors (Lipinski definition) is 1. The lowest BCUT2D eigenvalue weighted by Gasteiger charge is -2.05. The Labute approximate surface area is 111 Å². The van der Waals surface area contributed by atoms with Crippen molar-refractivity contribution in [3.05, 3.63) is 52.3 Å². The van der Waals surface area contributed by atoms with Crippen LogP contribution in [0.5, 0.6) is 0 Å². The number of nitrogens with one attached hydrogen (secondary N) is 1. The molecule has 1 aromatic heterocycles. The molecule has 1 aromatic carbocycles. The van der Waals surface area contributed by atoms with Crippen LogP contribution in [-0.2, 0) is 13.6 Å². The van der Waals surface area contributed by atoms with Crippen LogP contribution in [0.1, 0.15) is 21.6 Å². The zero-order valence-corrected chi connectivity index (χ0v) is 11.0. The fraction of sp³-hybridized carbons (Fsp3) is 0.231. The third-order valence-corrected chi connectivity index (χ3v) is 3.10. The van der Waals surface area contributed by atoms with Gasteiger partial charge in [0.1, 0.15) is 0 Å². The Kier molecular flexibility index (Phi) is 3.67. The highest BCUT2D eigenvalue weighted by Crippen LogP contribution is 2.10. The highest BCUT2D eigenvalue weighted by Gasteiger charge is 2.11. The van der Waals surface area contributed by atoms with Crippen LogP contribution in [0, 0.1) is 6.92 Å². The predicted octanol–water partition coefficient (Wildman–Crippen LogP) is 2.31. The number of carbonyl (C=O) groups is 1. The first-order chi connectivity index (χ1) is 8.58. The van der Waals surface area contributed by atoms with Crippen LogP contribution in [0.25, 0.3) is 0 Å². The van der Waals surface area contributed by atoms with Gasteiger partial charge in [0.25, 0.3) is 5.91 Å². The number of hydrogen-bond acceptors (Lipinski definition) is 2. The molecule has 0 saturated heterocycles. The Hall–Kier alpha value is -1.81. The summed E-state index contributed by atoms with van der Waals surface area (Å²) < 4.78 is 1.68. The molecule has 0 fully saturated rings. The molecule has 1 amide bonds. The number of benzene rings is 1. The molecule has 5 heteroatoms. The van der Waals surface area contributed by atoms with Crippen LogP contribution in [-0.4, -0.2) is 15.7 Å². The summed E-state index contributed by atoms with van der Waals surface area (Å²) in [5.74, 6) is -0.115. The summed E-state index contributed by atoms with van der Waals surface area (Å²) in [6.07, 6.45) is 1.58. The first-order valence-corrected chi connectivity index (χ1v) is 5.97. The highest BCUT2D eigenvalue weighted by molar-refractivity contribution is 6.30. The van der Waals surface area contributed by atoms with Gasteiger partial charge in [-0.05, 0) is 24.6 Å². The average molecular weight is 264 g/mol. The topological polar surface area (TPSA) is 46.9 Å². The first-order valence-electron chi connectivity index (χ1n) is 5.59. The Bertz CT molecular complexity index is 560. The summed E-state index contributed by atoms with van der Waals surface area (Å²) >= 11 is 5.80.